The van der Waals surface area contributed by atoms with Gasteiger partial charge in [-0.1, -0.05) is 0 Å². The van der Waals surface area contributed by atoms with Crippen LogP contribution in [0, 0.1) is 0 Å². The van der Waals surface area contributed by atoms with Gasteiger partial charge < -0.3 is 10.2 Å². The summed E-state index contributed by atoms with van der Waals surface area (Å²) in [7, 11) is 0. The van der Waals surface area contributed by atoms with Gasteiger partial charge in [-0.2, -0.15) is 4.98 Å². The first-order chi connectivity index (χ1) is 7.83. The highest BCUT2D eigenvalue weighted by Crippen LogP contribution is 2.22. The Balaban J connectivity index is 2.15. The largest absolute Gasteiger partial charge is 0.434 e. The maximum Gasteiger partial charge on any atom is 0.230 e. The van der Waals surface area contributed by atoms with Gasteiger partial charge in [0.05, 0.1) is 5.56 Å². The van der Waals surface area contributed by atoms with Gasteiger partial charge in [-0.15, -0.1) is 0 Å². The van der Waals surface area contributed by atoms with Gasteiger partial charge in [-0.3, -0.25) is 0 Å². The van der Waals surface area contributed by atoms with Crippen LogP contribution in [0.4, 0.5) is 5.82 Å². The van der Waals surface area contributed by atoms with Crippen molar-refractivity contribution < 1.29 is 4.42 Å². The molecule has 3 aromatic rings. The smallest absolute Gasteiger partial charge is 0.230 e. The van der Waals surface area contributed by atoms with Crippen LogP contribution in [0.3, 0.4) is 0 Å². The van der Waals surface area contributed by atoms with E-state index in [2.05, 4.69) is 15.0 Å². The molecule has 0 fully saturated rings. The van der Waals surface area contributed by atoms with Crippen molar-refractivity contribution in [2.45, 2.75) is 0 Å². The number of nitrogens with two attached hydrogens (primary N) is 1. The molecule has 0 aliphatic carbocycles. The zero-order valence-electron chi connectivity index (χ0n) is 8.29. The predicted molar refractivity (Wildman–Crippen MR) is 59.4 cm³/mol. The summed E-state index contributed by atoms with van der Waals surface area (Å²) in [4.78, 5) is 12.3. The zero-order chi connectivity index (χ0) is 11.0. The van der Waals surface area contributed by atoms with Crippen molar-refractivity contribution in [2.24, 2.45) is 0 Å². The molecule has 0 amide bonds. The number of pyridine rings is 2. The minimum atomic E-state index is 0.470. The SMILES string of the molecule is Nc1ccc(-c2nc3ncccc3o2)cn1. The highest BCUT2D eigenvalue weighted by Gasteiger charge is 2.08. The van der Waals surface area contributed by atoms with E-state index in [1.807, 2.05) is 12.1 Å². The first-order valence-corrected chi connectivity index (χ1v) is 4.76. The Morgan fingerprint density at radius 1 is 1.12 bits per heavy atom. The molecule has 5 nitrogen and oxygen atoms in total. The van der Waals surface area contributed by atoms with Gasteiger partial charge >= 0.3 is 0 Å². The first-order valence-electron chi connectivity index (χ1n) is 4.76. The summed E-state index contributed by atoms with van der Waals surface area (Å²) in [6.45, 7) is 0. The fourth-order valence-electron chi connectivity index (χ4n) is 1.42. The van der Waals surface area contributed by atoms with Crippen molar-refractivity contribution in [3.63, 3.8) is 0 Å². The number of nitrogens with zero attached hydrogens (tertiary/aromatic N) is 3. The number of fused-ring (bicyclic) bond motifs is 1. The molecule has 5 heteroatoms. The van der Waals surface area contributed by atoms with E-state index >= 15 is 0 Å². The minimum Gasteiger partial charge on any atom is -0.434 e. The molecule has 0 aromatic carbocycles. The molecule has 0 bridgehead atoms. The van der Waals surface area contributed by atoms with Crippen LogP contribution < -0.4 is 5.73 Å². The van der Waals surface area contributed by atoms with E-state index < -0.39 is 0 Å². The van der Waals surface area contributed by atoms with Gasteiger partial charge in [0.1, 0.15) is 5.82 Å². The van der Waals surface area contributed by atoms with Gasteiger partial charge in [0, 0.05) is 12.4 Å². The third-order valence-corrected chi connectivity index (χ3v) is 2.20. The van der Waals surface area contributed by atoms with Crippen LogP contribution >= 0.6 is 0 Å². The number of hydrogen-bond donors (Lipinski definition) is 1. The van der Waals surface area contributed by atoms with Crippen LogP contribution in [0.2, 0.25) is 0 Å². The van der Waals surface area contributed by atoms with Crippen molar-refractivity contribution in [3.05, 3.63) is 36.7 Å². The average molecular weight is 212 g/mol. The Hall–Kier alpha value is -2.43. The molecule has 3 aromatic heterocycles. The van der Waals surface area contributed by atoms with E-state index in [0.717, 1.165) is 5.56 Å². The number of anilines is 1. The lowest BCUT2D eigenvalue weighted by Crippen LogP contribution is -1.88. The number of aromatic nitrogens is 3. The summed E-state index contributed by atoms with van der Waals surface area (Å²) in [5, 5.41) is 0. The Bertz CT molecular complexity index is 597. The minimum absolute atomic E-state index is 0.470. The van der Waals surface area contributed by atoms with Crippen LogP contribution in [0.15, 0.2) is 41.1 Å². The molecule has 0 radical (unpaired) electrons. The molecule has 16 heavy (non-hydrogen) atoms. The fourth-order valence-corrected chi connectivity index (χ4v) is 1.42. The summed E-state index contributed by atoms with van der Waals surface area (Å²) in [6.07, 6.45) is 3.30. The Kier molecular flexibility index (Phi) is 1.83. The average Bonchev–Trinajstić information content (AvgIpc) is 2.73. The molecule has 2 N–H and O–H groups in total. The standard InChI is InChI=1S/C11H8N4O/c12-9-4-3-7(6-14-9)11-15-10-8(16-11)2-1-5-13-10/h1-6H,(H2,12,14). The van der Waals surface area contributed by atoms with Crippen molar-refractivity contribution in [1.29, 1.82) is 0 Å². The second-order valence-corrected chi connectivity index (χ2v) is 3.32. The van der Waals surface area contributed by atoms with E-state index in [9.17, 15) is 0 Å². The monoisotopic (exact) mass is 212 g/mol. The molecule has 0 unspecified atom stereocenters. The van der Waals surface area contributed by atoms with Gasteiger partial charge in [-0.05, 0) is 24.3 Å². The molecule has 3 heterocycles. The second-order valence-electron chi connectivity index (χ2n) is 3.32. The second kappa shape index (κ2) is 3.30. The molecule has 3 rings (SSSR count). The fraction of sp³-hybridized carbons (Fsp3) is 0. The highest BCUT2D eigenvalue weighted by atomic mass is 16.3. The summed E-state index contributed by atoms with van der Waals surface area (Å²) in [5.41, 5.74) is 7.54. The summed E-state index contributed by atoms with van der Waals surface area (Å²) in [5.74, 6) is 0.971. The summed E-state index contributed by atoms with van der Waals surface area (Å²) >= 11 is 0. The van der Waals surface area contributed by atoms with Crippen LogP contribution in [0.1, 0.15) is 0 Å². The third-order valence-electron chi connectivity index (χ3n) is 2.20. The number of rotatable bonds is 1. The highest BCUT2D eigenvalue weighted by molar-refractivity contribution is 5.71. The van der Waals surface area contributed by atoms with Gasteiger partial charge in [0.15, 0.2) is 11.2 Å². The number of nitrogen functional groups attached to an aromatic ring is 1. The quantitative estimate of drug-likeness (QED) is 0.666. The molecule has 78 valence electrons. The molecule has 0 aliphatic rings. The van der Waals surface area contributed by atoms with Gasteiger partial charge in [-0.25, -0.2) is 9.97 Å². The number of oxazole rings is 1. The maximum absolute atomic E-state index is 5.54. The lowest BCUT2D eigenvalue weighted by Gasteiger charge is -1.94. The molecule has 0 aliphatic heterocycles. The van der Waals surface area contributed by atoms with Crippen molar-refractivity contribution >= 4 is 17.0 Å². The molecule has 0 saturated heterocycles. The van der Waals surface area contributed by atoms with E-state index in [-0.39, 0.29) is 0 Å². The third kappa shape index (κ3) is 1.38. The Morgan fingerprint density at radius 3 is 2.81 bits per heavy atom. The van der Waals surface area contributed by atoms with Gasteiger partial charge in [0.25, 0.3) is 0 Å². The first kappa shape index (κ1) is 8.84. The lowest BCUT2D eigenvalue weighted by molar-refractivity contribution is 0.619. The van der Waals surface area contributed by atoms with Crippen LogP contribution in [0.5, 0.6) is 0 Å². The number of hydrogen-bond acceptors (Lipinski definition) is 5. The van der Waals surface area contributed by atoms with Crippen LogP contribution in [-0.2, 0) is 0 Å². The molecular formula is C11H8N4O. The Labute approximate surface area is 91.0 Å². The van der Waals surface area contributed by atoms with Crippen LogP contribution in [-0.4, -0.2) is 15.0 Å². The van der Waals surface area contributed by atoms with Crippen LogP contribution in [0.25, 0.3) is 22.7 Å². The molecular weight excluding hydrogens is 204 g/mol. The Morgan fingerprint density at radius 2 is 2.06 bits per heavy atom. The topological polar surface area (TPSA) is 77.8 Å². The maximum atomic E-state index is 5.54. The molecule has 0 atom stereocenters. The van der Waals surface area contributed by atoms with E-state index in [4.69, 9.17) is 10.2 Å². The summed E-state index contributed by atoms with van der Waals surface area (Å²) < 4.78 is 5.54. The van der Waals surface area contributed by atoms with Crippen molar-refractivity contribution in [3.8, 4) is 11.5 Å². The van der Waals surface area contributed by atoms with E-state index in [1.54, 1.807) is 24.5 Å². The zero-order valence-corrected chi connectivity index (χ0v) is 8.29. The lowest BCUT2D eigenvalue weighted by atomic mass is 10.3. The van der Waals surface area contributed by atoms with E-state index in [0.29, 0.717) is 22.9 Å². The van der Waals surface area contributed by atoms with E-state index in [1.165, 1.54) is 0 Å². The normalized spacial score (nSPS) is 10.8. The van der Waals surface area contributed by atoms with Crippen molar-refractivity contribution in [1.82, 2.24) is 15.0 Å². The molecule has 0 saturated carbocycles. The summed E-state index contributed by atoms with van der Waals surface area (Å²) in [6, 6.07) is 7.15. The van der Waals surface area contributed by atoms with Crippen molar-refractivity contribution in [2.75, 3.05) is 5.73 Å². The predicted octanol–water partition coefficient (Wildman–Crippen LogP) is 1.87. The molecule has 0 spiro atoms. The van der Waals surface area contributed by atoms with Gasteiger partial charge in [0.2, 0.25) is 5.89 Å².